The summed E-state index contributed by atoms with van der Waals surface area (Å²) in [6.45, 7) is 4.50. The summed E-state index contributed by atoms with van der Waals surface area (Å²) >= 11 is 0. The molecule has 1 amide bonds. The van der Waals surface area contributed by atoms with Crippen molar-refractivity contribution in [2.24, 2.45) is 10.9 Å². The highest BCUT2D eigenvalue weighted by Gasteiger charge is 2.49. The maximum Gasteiger partial charge on any atom is 0.246 e. The van der Waals surface area contributed by atoms with Crippen LogP contribution in [0.5, 0.6) is 0 Å². The van der Waals surface area contributed by atoms with Crippen LogP contribution in [0.3, 0.4) is 0 Å². The maximum atomic E-state index is 12.7. The number of nitrogens with zero attached hydrogens (tertiary/aromatic N) is 4. The molecule has 6 heteroatoms. The molecule has 1 unspecified atom stereocenters. The SMILES string of the molecule is N#CC1C(=O)NC(N2CCCCC2)=NC12CCN(Cc1ccccc1)CC2. The van der Waals surface area contributed by atoms with Crippen molar-refractivity contribution in [1.82, 2.24) is 15.1 Å². The van der Waals surface area contributed by atoms with Gasteiger partial charge in [-0.3, -0.25) is 15.0 Å². The lowest BCUT2D eigenvalue weighted by atomic mass is 9.76. The third kappa shape index (κ3) is 3.70. The van der Waals surface area contributed by atoms with E-state index in [-0.39, 0.29) is 5.91 Å². The van der Waals surface area contributed by atoms with Crippen LogP contribution in [-0.4, -0.2) is 53.4 Å². The second-order valence-electron chi connectivity index (χ2n) is 7.90. The highest BCUT2D eigenvalue weighted by Crippen LogP contribution is 2.37. The van der Waals surface area contributed by atoms with Crippen LogP contribution >= 0.6 is 0 Å². The van der Waals surface area contributed by atoms with Crippen molar-refractivity contribution in [3.05, 3.63) is 35.9 Å². The normalized spacial score (nSPS) is 25.6. The van der Waals surface area contributed by atoms with Gasteiger partial charge >= 0.3 is 0 Å². The van der Waals surface area contributed by atoms with Crippen LogP contribution in [0.25, 0.3) is 0 Å². The molecule has 3 heterocycles. The van der Waals surface area contributed by atoms with Crippen molar-refractivity contribution >= 4 is 11.9 Å². The molecule has 3 aliphatic rings. The van der Waals surface area contributed by atoms with Gasteiger partial charge in [-0.25, -0.2) is 4.99 Å². The molecule has 4 rings (SSSR count). The van der Waals surface area contributed by atoms with E-state index in [4.69, 9.17) is 4.99 Å². The van der Waals surface area contributed by atoms with Crippen molar-refractivity contribution < 1.29 is 4.79 Å². The summed E-state index contributed by atoms with van der Waals surface area (Å²) < 4.78 is 0. The quantitative estimate of drug-likeness (QED) is 0.872. The Kier molecular flexibility index (Phi) is 5.13. The molecule has 1 N–H and O–H groups in total. The van der Waals surface area contributed by atoms with Gasteiger partial charge in [-0.15, -0.1) is 0 Å². The fourth-order valence-electron chi connectivity index (χ4n) is 4.50. The molecule has 3 aliphatic heterocycles. The van der Waals surface area contributed by atoms with Crippen LogP contribution in [0.1, 0.15) is 37.7 Å². The van der Waals surface area contributed by atoms with Crippen LogP contribution in [0, 0.1) is 17.2 Å². The number of amides is 1. The zero-order valence-electron chi connectivity index (χ0n) is 15.7. The van der Waals surface area contributed by atoms with Gasteiger partial charge in [-0.1, -0.05) is 30.3 Å². The number of carbonyl (C=O) groups is 1. The number of nitrogens with one attached hydrogen (secondary N) is 1. The number of aliphatic imine (C=N–C) groups is 1. The van der Waals surface area contributed by atoms with E-state index in [2.05, 4.69) is 45.5 Å². The third-order valence-corrected chi connectivity index (χ3v) is 6.12. The van der Waals surface area contributed by atoms with Gasteiger partial charge in [0.05, 0.1) is 11.6 Å². The summed E-state index contributed by atoms with van der Waals surface area (Å²) in [7, 11) is 0. The Morgan fingerprint density at radius 1 is 1.11 bits per heavy atom. The highest BCUT2D eigenvalue weighted by atomic mass is 16.2. The minimum atomic E-state index is -0.690. The number of hydrogen-bond acceptors (Lipinski definition) is 5. The number of nitriles is 1. The molecule has 0 saturated carbocycles. The number of carbonyl (C=O) groups excluding carboxylic acids is 1. The first-order valence-electron chi connectivity index (χ1n) is 10.0. The van der Waals surface area contributed by atoms with Gasteiger partial charge in [0.2, 0.25) is 11.9 Å². The van der Waals surface area contributed by atoms with Crippen LogP contribution in [0.4, 0.5) is 0 Å². The lowest BCUT2D eigenvalue weighted by molar-refractivity contribution is -0.125. The predicted molar refractivity (Wildman–Crippen MR) is 104 cm³/mol. The average Bonchev–Trinajstić information content (AvgIpc) is 2.71. The molecule has 6 nitrogen and oxygen atoms in total. The van der Waals surface area contributed by atoms with E-state index in [1.54, 1.807) is 0 Å². The predicted octanol–water partition coefficient (Wildman–Crippen LogP) is 2.13. The molecular weight excluding hydrogens is 338 g/mol. The molecular formula is C21H27N5O. The largest absolute Gasteiger partial charge is 0.343 e. The number of piperidine rings is 2. The van der Waals surface area contributed by atoms with Gasteiger partial charge in [0.1, 0.15) is 0 Å². The lowest BCUT2D eigenvalue weighted by Crippen LogP contribution is -2.60. The summed E-state index contributed by atoms with van der Waals surface area (Å²) in [5.74, 6) is -0.169. The Bertz CT molecular complexity index is 740. The standard InChI is InChI=1S/C21H27N5O/c22-15-18-19(27)23-20(26-11-5-2-6-12-26)24-21(18)9-13-25(14-10-21)16-17-7-3-1-4-8-17/h1,3-4,7-8,18H,2,5-6,9-14,16H2,(H,23,24,27). The maximum absolute atomic E-state index is 12.7. The molecule has 0 aliphatic carbocycles. The molecule has 1 aromatic rings. The van der Waals surface area contributed by atoms with Gasteiger partial charge < -0.3 is 4.90 Å². The number of benzene rings is 1. The van der Waals surface area contributed by atoms with E-state index in [0.717, 1.165) is 58.4 Å². The smallest absolute Gasteiger partial charge is 0.246 e. The third-order valence-electron chi connectivity index (χ3n) is 6.12. The van der Waals surface area contributed by atoms with Gasteiger partial charge in [0.15, 0.2) is 5.92 Å². The van der Waals surface area contributed by atoms with Crippen molar-refractivity contribution in [1.29, 1.82) is 5.26 Å². The summed E-state index contributed by atoms with van der Waals surface area (Å²) in [4.78, 5) is 22.3. The first-order chi connectivity index (χ1) is 13.2. The molecule has 2 fully saturated rings. The second-order valence-corrected chi connectivity index (χ2v) is 7.90. The van der Waals surface area contributed by atoms with E-state index in [1.807, 2.05) is 6.07 Å². The van der Waals surface area contributed by atoms with Crippen molar-refractivity contribution in [3.63, 3.8) is 0 Å². The monoisotopic (exact) mass is 365 g/mol. The van der Waals surface area contributed by atoms with Crippen molar-refractivity contribution in [2.75, 3.05) is 26.2 Å². The number of hydrogen-bond donors (Lipinski definition) is 1. The molecule has 0 bridgehead atoms. The minimum absolute atomic E-state index is 0.176. The van der Waals surface area contributed by atoms with E-state index in [9.17, 15) is 10.1 Å². The summed E-state index contributed by atoms with van der Waals surface area (Å²) in [5, 5.41) is 12.6. The Hall–Kier alpha value is -2.39. The van der Waals surface area contributed by atoms with Crippen LogP contribution < -0.4 is 5.32 Å². The van der Waals surface area contributed by atoms with Crippen molar-refractivity contribution in [3.8, 4) is 6.07 Å². The fraction of sp³-hybridized carbons (Fsp3) is 0.571. The summed E-state index contributed by atoms with van der Waals surface area (Å²) in [6.07, 6.45) is 5.01. The first kappa shape index (κ1) is 18.0. The van der Waals surface area contributed by atoms with Gasteiger partial charge in [-0.2, -0.15) is 5.26 Å². The molecule has 1 atom stereocenters. The molecule has 0 aromatic heterocycles. The molecule has 0 radical (unpaired) electrons. The summed E-state index contributed by atoms with van der Waals surface area (Å²) in [5.41, 5.74) is 0.723. The highest BCUT2D eigenvalue weighted by molar-refractivity contribution is 6.02. The Morgan fingerprint density at radius 2 is 1.81 bits per heavy atom. The Morgan fingerprint density at radius 3 is 2.48 bits per heavy atom. The van der Waals surface area contributed by atoms with E-state index in [1.165, 1.54) is 12.0 Å². The van der Waals surface area contributed by atoms with Crippen LogP contribution in [0.2, 0.25) is 0 Å². The van der Waals surface area contributed by atoms with E-state index < -0.39 is 11.5 Å². The number of guanidine groups is 1. The first-order valence-corrected chi connectivity index (χ1v) is 10.0. The Labute approximate surface area is 160 Å². The topological polar surface area (TPSA) is 71.7 Å². The number of likely N-dealkylation sites (tertiary alicyclic amines) is 2. The number of rotatable bonds is 2. The molecule has 27 heavy (non-hydrogen) atoms. The zero-order valence-corrected chi connectivity index (χ0v) is 15.7. The molecule has 1 aromatic carbocycles. The average molecular weight is 365 g/mol. The van der Waals surface area contributed by atoms with Crippen LogP contribution in [0.15, 0.2) is 35.3 Å². The van der Waals surface area contributed by atoms with Crippen LogP contribution in [-0.2, 0) is 11.3 Å². The summed E-state index contributed by atoms with van der Waals surface area (Å²) in [6, 6.07) is 12.7. The van der Waals surface area contributed by atoms with Gasteiger partial charge in [0.25, 0.3) is 0 Å². The Balaban J connectivity index is 1.51. The molecule has 142 valence electrons. The molecule has 2 saturated heterocycles. The van der Waals surface area contributed by atoms with Crippen molar-refractivity contribution in [2.45, 2.75) is 44.2 Å². The second kappa shape index (κ2) is 7.69. The minimum Gasteiger partial charge on any atom is -0.343 e. The fourth-order valence-corrected chi connectivity index (χ4v) is 4.50. The zero-order chi connectivity index (χ0) is 18.7. The van der Waals surface area contributed by atoms with E-state index >= 15 is 0 Å². The van der Waals surface area contributed by atoms with Gasteiger partial charge in [-0.05, 0) is 37.7 Å². The van der Waals surface area contributed by atoms with E-state index in [0.29, 0.717) is 5.96 Å². The lowest BCUT2D eigenvalue weighted by Gasteiger charge is -2.45. The van der Waals surface area contributed by atoms with Gasteiger partial charge in [0, 0.05) is 32.7 Å². The molecule has 1 spiro atoms.